The number of carbonyl (C=O) groups is 2. The Balaban J connectivity index is 0.000000511. The van der Waals surface area contributed by atoms with Gasteiger partial charge in [0.25, 0.3) is 0 Å². The van der Waals surface area contributed by atoms with E-state index in [1.54, 1.807) is 0 Å². The molecule has 0 fully saturated rings. The minimum absolute atomic E-state index is 0.176. The molecule has 0 spiro atoms. The molecule has 20 heavy (non-hydrogen) atoms. The van der Waals surface area contributed by atoms with Crippen molar-refractivity contribution >= 4 is 17.7 Å². The van der Waals surface area contributed by atoms with Crippen LogP contribution in [-0.2, 0) is 14.3 Å². The van der Waals surface area contributed by atoms with Gasteiger partial charge in [-0.2, -0.15) is 0 Å². The number of carboxylic acids is 2. The smallest absolute Gasteiger partial charge is 0.335 e. The third-order valence-electron chi connectivity index (χ3n) is 2.27. The second kappa shape index (κ2) is 8.53. The highest BCUT2D eigenvalue weighted by molar-refractivity contribution is 5.94. The fraction of sp³-hybridized carbons (Fsp3) is 0.200. The van der Waals surface area contributed by atoms with Gasteiger partial charge in [-0.1, -0.05) is 36.9 Å². The van der Waals surface area contributed by atoms with Crippen molar-refractivity contribution in [3.63, 3.8) is 0 Å². The molecule has 0 saturated carbocycles. The number of hydrogen-bond donors (Lipinski definition) is 2. The van der Waals surface area contributed by atoms with Crippen LogP contribution in [0.4, 0.5) is 0 Å². The van der Waals surface area contributed by atoms with Gasteiger partial charge in [-0.15, -0.1) is 0 Å². The molecule has 1 aromatic carbocycles. The molecule has 2 N–H and O–H groups in total. The second-order valence-corrected chi connectivity index (χ2v) is 3.91. The summed E-state index contributed by atoms with van der Waals surface area (Å²) in [6.07, 6.45) is 0. The van der Waals surface area contributed by atoms with Crippen LogP contribution in [0.25, 0.3) is 5.76 Å². The van der Waals surface area contributed by atoms with E-state index in [0.29, 0.717) is 5.76 Å². The molecule has 0 heterocycles. The first-order valence-electron chi connectivity index (χ1n) is 5.73. The molecule has 0 bridgehead atoms. The minimum atomic E-state index is -0.967. The number of methoxy groups -OCH3 is 1. The summed E-state index contributed by atoms with van der Waals surface area (Å²) in [7, 11) is 1.47. The van der Waals surface area contributed by atoms with Gasteiger partial charge in [0.1, 0.15) is 5.76 Å². The predicted molar refractivity (Wildman–Crippen MR) is 76.1 cm³/mol. The number of hydrogen-bond acceptors (Lipinski definition) is 3. The summed E-state index contributed by atoms with van der Waals surface area (Å²) in [6.45, 7) is 6.12. The summed E-state index contributed by atoms with van der Waals surface area (Å²) in [5.41, 5.74) is 1.16. The number of carboxylic acid groups (broad SMARTS) is 2. The maximum atomic E-state index is 10.7. The summed E-state index contributed by atoms with van der Waals surface area (Å²) in [4.78, 5) is 20.3. The molecule has 5 heteroatoms. The topological polar surface area (TPSA) is 83.8 Å². The van der Waals surface area contributed by atoms with Crippen LogP contribution in [0.5, 0.6) is 0 Å². The van der Waals surface area contributed by atoms with E-state index in [1.165, 1.54) is 21.0 Å². The lowest BCUT2D eigenvalue weighted by Gasteiger charge is -2.08. The summed E-state index contributed by atoms with van der Waals surface area (Å²) in [6, 6.07) is 9.16. The molecule has 0 aliphatic rings. The highest BCUT2D eigenvalue weighted by Crippen LogP contribution is 2.18. The van der Waals surface area contributed by atoms with Gasteiger partial charge in [-0.05, 0) is 13.8 Å². The molecule has 1 rings (SSSR count). The second-order valence-electron chi connectivity index (χ2n) is 3.91. The predicted octanol–water partition coefficient (Wildman–Crippen LogP) is 2.80. The van der Waals surface area contributed by atoms with Crippen molar-refractivity contribution in [2.75, 3.05) is 7.11 Å². The quantitative estimate of drug-likeness (QED) is 0.653. The molecule has 5 nitrogen and oxygen atoms in total. The fourth-order valence-electron chi connectivity index (χ4n) is 1.17. The summed E-state index contributed by atoms with van der Waals surface area (Å²) in [5.74, 6) is -1.50. The van der Waals surface area contributed by atoms with Crippen LogP contribution in [0, 0.1) is 0 Å². The largest absolute Gasteiger partial charge is 0.496 e. The average molecular weight is 278 g/mol. The van der Waals surface area contributed by atoms with E-state index in [9.17, 15) is 9.59 Å². The highest BCUT2D eigenvalue weighted by atomic mass is 16.5. The lowest BCUT2D eigenvalue weighted by molar-refractivity contribution is -0.133. The zero-order valence-electron chi connectivity index (χ0n) is 11.7. The first-order chi connectivity index (χ1) is 9.31. The zero-order valence-corrected chi connectivity index (χ0v) is 11.7. The van der Waals surface area contributed by atoms with Crippen LogP contribution < -0.4 is 0 Å². The molecule has 0 aliphatic heterocycles. The number of ether oxygens (including phenoxy) is 1. The molecule has 0 amide bonds. The highest BCUT2D eigenvalue weighted by Gasteiger charge is 2.11. The lowest BCUT2D eigenvalue weighted by atomic mass is 10.1. The molecular formula is C15H18O5. The van der Waals surface area contributed by atoms with E-state index in [-0.39, 0.29) is 11.1 Å². The van der Waals surface area contributed by atoms with Crippen LogP contribution in [0.1, 0.15) is 19.4 Å². The molecule has 0 radical (unpaired) electrons. The molecule has 0 saturated heterocycles. The Kier molecular flexibility index (Phi) is 7.43. The fourth-order valence-corrected chi connectivity index (χ4v) is 1.17. The number of rotatable bonds is 4. The van der Waals surface area contributed by atoms with Crippen LogP contribution >= 0.6 is 0 Å². The Morgan fingerprint density at radius 1 is 1.05 bits per heavy atom. The summed E-state index contributed by atoms with van der Waals surface area (Å²) in [5, 5.41) is 16.7. The SMILES string of the molecule is C=C(C)C(=O)O.COC(=C(C)C(=O)O)c1ccccc1. The van der Waals surface area contributed by atoms with Crippen molar-refractivity contribution in [2.45, 2.75) is 13.8 Å². The Labute approximate surface area is 117 Å². The van der Waals surface area contributed by atoms with Crippen LogP contribution in [0.2, 0.25) is 0 Å². The molecular weight excluding hydrogens is 260 g/mol. The standard InChI is InChI=1S/C11H12O3.C4H6O2/c1-8(11(12)13)10(14-2)9-6-4-3-5-7-9;1-3(2)4(5)6/h3-7H,1-2H3,(H,12,13);1H2,2H3,(H,5,6). The van der Waals surface area contributed by atoms with Gasteiger partial charge in [-0.25, -0.2) is 9.59 Å². The van der Waals surface area contributed by atoms with E-state index >= 15 is 0 Å². The Morgan fingerprint density at radius 2 is 1.50 bits per heavy atom. The minimum Gasteiger partial charge on any atom is -0.496 e. The molecule has 0 aromatic heterocycles. The van der Waals surface area contributed by atoms with Crippen molar-refractivity contribution in [3.8, 4) is 0 Å². The molecule has 0 unspecified atom stereocenters. The maximum Gasteiger partial charge on any atom is 0.335 e. The van der Waals surface area contributed by atoms with Crippen molar-refractivity contribution in [1.29, 1.82) is 0 Å². The lowest BCUT2D eigenvalue weighted by Crippen LogP contribution is -2.02. The third kappa shape index (κ3) is 5.86. The molecule has 108 valence electrons. The van der Waals surface area contributed by atoms with Gasteiger partial charge in [0, 0.05) is 11.1 Å². The molecule has 0 atom stereocenters. The normalized spacial score (nSPS) is 10.6. The Morgan fingerprint density at radius 3 is 1.80 bits per heavy atom. The van der Waals surface area contributed by atoms with E-state index in [1.807, 2.05) is 30.3 Å². The first kappa shape index (κ1) is 17.4. The Bertz CT molecular complexity index is 502. The molecule has 0 aliphatic carbocycles. The van der Waals surface area contributed by atoms with Crippen molar-refractivity contribution in [3.05, 3.63) is 53.6 Å². The van der Waals surface area contributed by atoms with Gasteiger partial charge in [0.05, 0.1) is 12.7 Å². The van der Waals surface area contributed by atoms with E-state index in [0.717, 1.165) is 5.56 Å². The van der Waals surface area contributed by atoms with Gasteiger partial charge >= 0.3 is 11.9 Å². The third-order valence-corrected chi connectivity index (χ3v) is 2.27. The summed E-state index contributed by atoms with van der Waals surface area (Å²) < 4.78 is 5.06. The van der Waals surface area contributed by atoms with Crippen LogP contribution in [0.15, 0.2) is 48.1 Å². The summed E-state index contributed by atoms with van der Waals surface area (Å²) >= 11 is 0. The zero-order chi connectivity index (χ0) is 15.7. The van der Waals surface area contributed by atoms with Crippen LogP contribution in [-0.4, -0.2) is 29.3 Å². The van der Waals surface area contributed by atoms with Crippen molar-refractivity contribution in [2.24, 2.45) is 0 Å². The van der Waals surface area contributed by atoms with Crippen LogP contribution in [0.3, 0.4) is 0 Å². The maximum absolute atomic E-state index is 10.7. The van der Waals surface area contributed by atoms with Crippen molar-refractivity contribution < 1.29 is 24.5 Å². The van der Waals surface area contributed by atoms with Gasteiger partial charge in [0.2, 0.25) is 0 Å². The van der Waals surface area contributed by atoms with Crippen molar-refractivity contribution in [1.82, 2.24) is 0 Å². The number of benzene rings is 1. The monoisotopic (exact) mass is 278 g/mol. The first-order valence-corrected chi connectivity index (χ1v) is 5.73. The molecule has 1 aromatic rings. The number of aliphatic carboxylic acids is 2. The van der Waals surface area contributed by atoms with E-state index < -0.39 is 11.9 Å². The van der Waals surface area contributed by atoms with E-state index in [4.69, 9.17) is 14.9 Å². The van der Waals surface area contributed by atoms with E-state index in [2.05, 4.69) is 6.58 Å². The Hall–Kier alpha value is -2.56. The van der Waals surface area contributed by atoms with Gasteiger partial charge in [0.15, 0.2) is 0 Å². The van der Waals surface area contributed by atoms with Gasteiger partial charge < -0.3 is 14.9 Å². The van der Waals surface area contributed by atoms with Gasteiger partial charge in [-0.3, -0.25) is 0 Å². The average Bonchev–Trinajstić information content (AvgIpc) is 2.41.